The van der Waals surface area contributed by atoms with Gasteiger partial charge in [-0.1, -0.05) is 17.7 Å². The highest BCUT2D eigenvalue weighted by molar-refractivity contribution is 9.10. The van der Waals surface area contributed by atoms with Crippen LogP contribution in [0.4, 0.5) is 5.69 Å². The van der Waals surface area contributed by atoms with Crippen molar-refractivity contribution in [3.05, 3.63) is 49.1 Å². The summed E-state index contributed by atoms with van der Waals surface area (Å²) in [7, 11) is 1.63. The number of carbonyl (C=O) groups excluding carboxylic acids is 1. The number of hydrogen-bond acceptors (Lipinski definition) is 3. The van der Waals surface area contributed by atoms with Gasteiger partial charge in [-0.05, 0) is 46.6 Å². The number of benzene rings is 1. The van der Waals surface area contributed by atoms with Crippen molar-refractivity contribution in [2.45, 2.75) is 13.5 Å². The minimum atomic E-state index is -0.0880. The summed E-state index contributed by atoms with van der Waals surface area (Å²) in [5.41, 5.74) is 2.69. The molecule has 1 amide bonds. The van der Waals surface area contributed by atoms with Gasteiger partial charge in [0.2, 0.25) is 0 Å². The maximum Gasteiger partial charge on any atom is 0.251 e. The molecule has 1 aromatic heterocycles. The van der Waals surface area contributed by atoms with E-state index in [1.807, 2.05) is 31.2 Å². The third-order valence-electron chi connectivity index (χ3n) is 2.88. The van der Waals surface area contributed by atoms with Gasteiger partial charge in [-0.2, -0.15) is 0 Å². The first-order valence-corrected chi connectivity index (χ1v) is 8.00. The predicted molar refractivity (Wildman–Crippen MR) is 88.9 cm³/mol. The fraction of sp³-hybridized carbons (Fsp3) is 0.214. The molecule has 2 aromatic rings. The van der Waals surface area contributed by atoms with E-state index in [0.29, 0.717) is 12.1 Å². The average molecular weight is 374 g/mol. The van der Waals surface area contributed by atoms with E-state index >= 15 is 0 Å². The van der Waals surface area contributed by atoms with Crippen LogP contribution in [-0.2, 0) is 6.54 Å². The van der Waals surface area contributed by atoms with Crippen molar-refractivity contribution in [2.75, 3.05) is 12.4 Å². The van der Waals surface area contributed by atoms with E-state index < -0.39 is 0 Å². The summed E-state index contributed by atoms with van der Waals surface area (Å²) in [4.78, 5) is 12.8. The molecule has 106 valence electrons. The highest BCUT2D eigenvalue weighted by Crippen LogP contribution is 2.32. The molecule has 0 spiro atoms. The Morgan fingerprint density at radius 1 is 1.40 bits per heavy atom. The number of anilines is 1. The van der Waals surface area contributed by atoms with Crippen molar-refractivity contribution < 1.29 is 4.79 Å². The van der Waals surface area contributed by atoms with Gasteiger partial charge in [0.05, 0.1) is 0 Å². The van der Waals surface area contributed by atoms with Crippen LogP contribution in [0.5, 0.6) is 0 Å². The van der Waals surface area contributed by atoms with E-state index in [1.54, 1.807) is 7.05 Å². The zero-order valence-electron chi connectivity index (χ0n) is 11.1. The summed E-state index contributed by atoms with van der Waals surface area (Å²) in [5.74, 6) is -0.0880. The fourth-order valence-electron chi connectivity index (χ4n) is 1.76. The lowest BCUT2D eigenvalue weighted by Gasteiger charge is -2.10. The lowest BCUT2D eigenvalue weighted by Crippen LogP contribution is -2.18. The Labute approximate surface area is 135 Å². The van der Waals surface area contributed by atoms with Crippen molar-refractivity contribution in [3.63, 3.8) is 0 Å². The molecule has 0 saturated heterocycles. The molecule has 0 saturated carbocycles. The molecule has 0 aliphatic carbocycles. The molecule has 0 radical (unpaired) electrons. The van der Waals surface area contributed by atoms with E-state index in [9.17, 15) is 4.79 Å². The number of hydrogen-bond donors (Lipinski definition) is 2. The first-order valence-electron chi connectivity index (χ1n) is 6.01. The Kier molecular flexibility index (Phi) is 5.07. The molecule has 1 aromatic carbocycles. The molecule has 0 unspecified atom stereocenters. The van der Waals surface area contributed by atoms with Gasteiger partial charge in [0.1, 0.15) is 4.34 Å². The smallest absolute Gasteiger partial charge is 0.251 e. The fourth-order valence-corrected chi connectivity index (χ4v) is 3.49. The van der Waals surface area contributed by atoms with Gasteiger partial charge in [0.15, 0.2) is 0 Å². The van der Waals surface area contributed by atoms with Crippen molar-refractivity contribution in [1.82, 2.24) is 5.32 Å². The van der Waals surface area contributed by atoms with Crippen LogP contribution in [0.3, 0.4) is 0 Å². The SMILES string of the molecule is CNC(=O)c1ccc(C)c(NCc2cc(Br)c(Cl)s2)c1. The van der Waals surface area contributed by atoms with Crippen LogP contribution >= 0.6 is 38.9 Å². The first kappa shape index (κ1) is 15.4. The first-order chi connectivity index (χ1) is 9.51. The van der Waals surface area contributed by atoms with Crippen molar-refractivity contribution >= 4 is 50.5 Å². The molecule has 0 atom stereocenters. The van der Waals surface area contributed by atoms with E-state index in [0.717, 1.165) is 24.9 Å². The molecule has 1 heterocycles. The zero-order chi connectivity index (χ0) is 14.7. The van der Waals surface area contributed by atoms with Gasteiger partial charge in [-0.3, -0.25) is 4.79 Å². The predicted octanol–water partition coefficient (Wildman–Crippen LogP) is 4.44. The summed E-state index contributed by atoms with van der Waals surface area (Å²) >= 11 is 10.9. The van der Waals surface area contributed by atoms with Crippen molar-refractivity contribution in [1.29, 1.82) is 0 Å². The number of nitrogens with one attached hydrogen (secondary N) is 2. The van der Waals surface area contributed by atoms with Gasteiger partial charge in [0, 0.05) is 34.2 Å². The lowest BCUT2D eigenvalue weighted by atomic mass is 10.1. The number of carbonyl (C=O) groups is 1. The van der Waals surface area contributed by atoms with Crippen LogP contribution in [0, 0.1) is 6.92 Å². The Balaban J connectivity index is 2.14. The van der Waals surface area contributed by atoms with E-state index in [2.05, 4.69) is 26.6 Å². The molecule has 0 aliphatic rings. The maximum atomic E-state index is 11.6. The molecule has 2 rings (SSSR count). The molecule has 2 N–H and O–H groups in total. The Morgan fingerprint density at radius 2 is 2.15 bits per heavy atom. The van der Waals surface area contributed by atoms with Gasteiger partial charge in [0.25, 0.3) is 5.91 Å². The van der Waals surface area contributed by atoms with Crippen molar-refractivity contribution in [3.8, 4) is 0 Å². The molecule has 0 aliphatic heterocycles. The number of amides is 1. The molecule has 6 heteroatoms. The Bertz CT molecular complexity index is 623. The summed E-state index contributed by atoms with van der Waals surface area (Å²) in [6, 6.07) is 7.61. The largest absolute Gasteiger partial charge is 0.380 e. The van der Waals surface area contributed by atoms with Crippen LogP contribution in [0.1, 0.15) is 20.8 Å². The average Bonchev–Trinajstić information content (AvgIpc) is 2.76. The van der Waals surface area contributed by atoms with E-state index in [-0.39, 0.29) is 5.91 Å². The number of rotatable bonds is 4. The summed E-state index contributed by atoms with van der Waals surface area (Å²) in [6.07, 6.45) is 0. The number of halogens is 2. The summed E-state index contributed by atoms with van der Waals surface area (Å²) in [6.45, 7) is 2.68. The second-order valence-corrected chi connectivity index (χ2v) is 6.89. The molecule has 3 nitrogen and oxygen atoms in total. The van der Waals surface area contributed by atoms with Crippen LogP contribution in [-0.4, -0.2) is 13.0 Å². The minimum absolute atomic E-state index is 0.0880. The minimum Gasteiger partial charge on any atom is -0.380 e. The third-order valence-corrected chi connectivity index (χ3v) is 5.35. The van der Waals surface area contributed by atoms with E-state index in [4.69, 9.17) is 11.6 Å². The van der Waals surface area contributed by atoms with Crippen LogP contribution in [0.25, 0.3) is 0 Å². The van der Waals surface area contributed by atoms with Gasteiger partial charge in [-0.25, -0.2) is 0 Å². The molecular formula is C14H14BrClN2OS. The highest BCUT2D eigenvalue weighted by Gasteiger charge is 2.08. The molecule has 0 bridgehead atoms. The topological polar surface area (TPSA) is 41.1 Å². The number of aryl methyl sites for hydroxylation is 1. The highest BCUT2D eigenvalue weighted by atomic mass is 79.9. The van der Waals surface area contributed by atoms with Crippen molar-refractivity contribution in [2.24, 2.45) is 0 Å². The Hall–Kier alpha value is -1.04. The normalized spacial score (nSPS) is 10.4. The zero-order valence-corrected chi connectivity index (χ0v) is 14.2. The Morgan fingerprint density at radius 3 is 2.75 bits per heavy atom. The molecular weight excluding hydrogens is 360 g/mol. The van der Waals surface area contributed by atoms with E-state index in [1.165, 1.54) is 11.3 Å². The standard InChI is InChI=1S/C14H14BrClN2OS/c1-8-3-4-9(14(19)17-2)5-12(8)18-7-10-6-11(15)13(16)20-10/h3-6,18H,7H2,1-2H3,(H,17,19). The molecule has 0 fully saturated rings. The van der Waals surface area contributed by atoms with Gasteiger partial charge >= 0.3 is 0 Å². The molecule has 20 heavy (non-hydrogen) atoms. The van der Waals surface area contributed by atoms with Crippen LogP contribution < -0.4 is 10.6 Å². The lowest BCUT2D eigenvalue weighted by molar-refractivity contribution is 0.0963. The quantitative estimate of drug-likeness (QED) is 0.831. The second-order valence-electron chi connectivity index (χ2n) is 4.30. The summed E-state index contributed by atoms with van der Waals surface area (Å²) < 4.78 is 1.66. The monoisotopic (exact) mass is 372 g/mol. The summed E-state index contributed by atoms with van der Waals surface area (Å²) in [5, 5.41) is 5.96. The van der Waals surface area contributed by atoms with Crippen LogP contribution in [0.2, 0.25) is 4.34 Å². The second kappa shape index (κ2) is 6.61. The van der Waals surface area contributed by atoms with Gasteiger partial charge < -0.3 is 10.6 Å². The maximum absolute atomic E-state index is 11.6. The number of thiophene rings is 1. The van der Waals surface area contributed by atoms with Gasteiger partial charge in [-0.15, -0.1) is 11.3 Å². The third kappa shape index (κ3) is 3.53. The van der Waals surface area contributed by atoms with Crippen LogP contribution in [0.15, 0.2) is 28.7 Å².